The molecule has 0 bridgehead atoms. The van der Waals surface area contributed by atoms with Crippen LogP contribution in [0.2, 0.25) is 0 Å². The van der Waals surface area contributed by atoms with E-state index in [0.29, 0.717) is 11.3 Å². The zero-order valence-corrected chi connectivity index (χ0v) is 19.2. The van der Waals surface area contributed by atoms with E-state index in [4.69, 9.17) is 11.1 Å². The van der Waals surface area contributed by atoms with Crippen molar-refractivity contribution in [3.63, 3.8) is 0 Å². The lowest BCUT2D eigenvalue weighted by molar-refractivity contribution is 0.571. The minimum atomic E-state index is -3.65. The predicted molar refractivity (Wildman–Crippen MR) is 133 cm³/mol. The SMILES string of the molecule is N=C(N)c1ccc2ccc(CN3c4ccc(N5CCCNCC5)cc4CNS3(=O)=O)cc2c1. The van der Waals surface area contributed by atoms with E-state index in [2.05, 4.69) is 21.0 Å². The van der Waals surface area contributed by atoms with Gasteiger partial charge in [-0.3, -0.25) is 9.71 Å². The van der Waals surface area contributed by atoms with Crippen molar-refractivity contribution in [3.8, 4) is 0 Å². The lowest BCUT2D eigenvalue weighted by Crippen LogP contribution is -2.44. The zero-order valence-electron chi connectivity index (χ0n) is 18.3. The number of nitrogens with one attached hydrogen (secondary N) is 3. The van der Waals surface area contributed by atoms with Crippen LogP contribution in [0.15, 0.2) is 54.6 Å². The van der Waals surface area contributed by atoms with Gasteiger partial charge in [0.15, 0.2) is 0 Å². The van der Waals surface area contributed by atoms with E-state index in [0.717, 1.165) is 60.2 Å². The molecule has 172 valence electrons. The summed E-state index contributed by atoms with van der Waals surface area (Å²) < 4.78 is 30.0. The van der Waals surface area contributed by atoms with Gasteiger partial charge < -0.3 is 16.0 Å². The lowest BCUT2D eigenvalue weighted by atomic mass is 10.0. The average Bonchev–Trinajstić information content (AvgIpc) is 3.10. The van der Waals surface area contributed by atoms with E-state index in [1.54, 1.807) is 0 Å². The number of rotatable bonds is 4. The smallest absolute Gasteiger partial charge is 0.302 e. The van der Waals surface area contributed by atoms with Gasteiger partial charge in [-0.2, -0.15) is 13.1 Å². The number of hydrogen-bond acceptors (Lipinski definition) is 5. The molecule has 0 radical (unpaired) electrons. The summed E-state index contributed by atoms with van der Waals surface area (Å²) in [6, 6.07) is 17.5. The fourth-order valence-electron chi connectivity index (χ4n) is 4.53. The molecule has 5 N–H and O–H groups in total. The number of anilines is 2. The second-order valence-electron chi connectivity index (χ2n) is 8.55. The second kappa shape index (κ2) is 8.66. The van der Waals surface area contributed by atoms with Gasteiger partial charge in [-0.1, -0.05) is 24.3 Å². The molecule has 2 aliphatic rings. The van der Waals surface area contributed by atoms with Crippen molar-refractivity contribution in [2.75, 3.05) is 35.4 Å². The summed E-state index contributed by atoms with van der Waals surface area (Å²) >= 11 is 0. The number of nitrogens with zero attached hydrogens (tertiary/aromatic N) is 2. The molecule has 0 spiro atoms. The highest BCUT2D eigenvalue weighted by molar-refractivity contribution is 7.90. The third-order valence-corrected chi connectivity index (χ3v) is 7.73. The van der Waals surface area contributed by atoms with Crippen LogP contribution in [-0.4, -0.2) is 40.4 Å². The Morgan fingerprint density at radius 1 is 1.00 bits per heavy atom. The van der Waals surface area contributed by atoms with Crippen LogP contribution in [0.3, 0.4) is 0 Å². The first kappa shape index (κ1) is 21.7. The molecule has 0 unspecified atom stereocenters. The monoisotopic (exact) mass is 464 g/mol. The summed E-state index contributed by atoms with van der Waals surface area (Å²) in [5, 5.41) is 13.0. The molecule has 33 heavy (non-hydrogen) atoms. The number of hydrogen-bond donors (Lipinski definition) is 4. The summed E-state index contributed by atoms with van der Waals surface area (Å²) in [6.07, 6.45) is 1.09. The average molecular weight is 465 g/mol. The maximum Gasteiger partial charge on any atom is 0.302 e. The van der Waals surface area contributed by atoms with Crippen molar-refractivity contribution in [2.24, 2.45) is 5.73 Å². The van der Waals surface area contributed by atoms with Crippen molar-refractivity contribution in [3.05, 3.63) is 71.3 Å². The van der Waals surface area contributed by atoms with Crippen molar-refractivity contribution in [1.82, 2.24) is 10.0 Å². The van der Waals surface area contributed by atoms with Gasteiger partial charge in [0.25, 0.3) is 0 Å². The third-order valence-electron chi connectivity index (χ3n) is 6.31. The number of benzene rings is 3. The van der Waals surface area contributed by atoms with Crippen LogP contribution in [0.1, 0.15) is 23.1 Å². The molecule has 0 aliphatic carbocycles. The number of nitrogens with two attached hydrogens (primary N) is 1. The van der Waals surface area contributed by atoms with Crippen molar-refractivity contribution in [2.45, 2.75) is 19.5 Å². The van der Waals surface area contributed by atoms with Crippen molar-refractivity contribution < 1.29 is 8.42 Å². The van der Waals surface area contributed by atoms with Gasteiger partial charge in [0, 0.05) is 37.4 Å². The zero-order chi connectivity index (χ0) is 23.0. The summed E-state index contributed by atoms with van der Waals surface area (Å²) in [4.78, 5) is 2.35. The largest absolute Gasteiger partial charge is 0.384 e. The van der Waals surface area contributed by atoms with Crippen LogP contribution in [0.5, 0.6) is 0 Å². The molecule has 3 aromatic carbocycles. The van der Waals surface area contributed by atoms with Crippen LogP contribution < -0.4 is 25.0 Å². The van der Waals surface area contributed by atoms with E-state index in [1.165, 1.54) is 4.31 Å². The maximum atomic E-state index is 12.9. The highest BCUT2D eigenvalue weighted by Crippen LogP contribution is 2.33. The number of fused-ring (bicyclic) bond motifs is 2. The van der Waals surface area contributed by atoms with Gasteiger partial charge in [0.05, 0.1) is 12.2 Å². The Labute approximate surface area is 194 Å². The predicted octanol–water partition coefficient (Wildman–Crippen LogP) is 2.28. The molecule has 2 aliphatic heterocycles. The summed E-state index contributed by atoms with van der Waals surface area (Å²) in [5.41, 5.74) is 9.96. The van der Waals surface area contributed by atoms with E-state index >= 15 is 0 Å². The van der Waals surface area contributed by atoms with E-state index in [9.17, 15) is 8.42 Å². The molecule has 0 amide bonds. The first-order chi connectivity index (χ1) is 15.9. The molecule has 0 atom stereocenters. The quantitative estimate of drug-likeness (QED) is 0.349. The molecule has 2 heterocycles. The Morgan fingerprint density at radius 3 is 2.70 bits per heavy atom. The topological polar surface area (TPSA) is 115 Å². The fraction of sp³-hybridized carbons (Fsp3) is 0.292. The van der Waals surface area contributed by atoms with Gasteiger partial charge in [0.1, 0.15) is 5.84 Å². The standard InChI is InChI=1S/C24H28N6O2S/c25-24(26)19-5-4-18-3-2-17(12-20(18)13-19)16-30-23-7-6-22(29-10-1-8-27-9-11-29)14-21(23)15-28-33(30,31)32/h2-7,12-14,27-28H,1,8-11,15-16H2,(H3,25,26). The van der Waals surface area contributed by atoms with Gasteiger partial charge in [-0.05, 0) is 65.2 Å². The molecule has 0 aromatic heterocycles. The number of nitrogen functional groups attached to an aromatic ring is 1. The van der Waals surface area contributed by atoms with Crippen molar-refractivity contribution in [1.29, 1.82) is 5.41 Å². The summed E-state index contributed by atoms with van der Waals surface area (Å²) in [5.74, 6) is 0.00929. The maximum absolute atomic E-state index is 12.9. The molecule has 8 nitrogen and oxygen atoms in total. The second-order valence-corrected chi connectivity index (χ2v) is 10.2. The summed E-state index contributed by atoms with van der Waals surface area (Å²) in [7, 11) is -3.65. The molecular formula is C24H28N6O2S. The Balaban J connectivity index is 1.47. The normalized spacial score (nSPS) is 18.1. The molecule has 1 saturated heterocycles. The van der Waals surface area contributed by atoms with Crippen LogP contribution in [0, 0.1) is 5.41 Å². The summed E-state index contributed by atoms with van der Waals surface area (Å²) in [6.45, 7) is 4.40. The Bertz CT molecular complexity index is 1320. The molecule has 9 heteroatoms. The highest BCUT2D eigenvalue weighted by Gasteiger charge is 2.30. The first-order valence-corrected chi connectivity index (χ1v) is 12.6. The third kappa shape index (κ3) is 4.39. The van der Waals surface area contributed by atoms with E-state index < -0.39 is 10.2 Å². The van der Waals surface area contributed by atoms with Crippen LogP contribution in [0.25, 0.3) is 10.8 Å². The van der Waals surface area contributed by atoms with Crippen LogP contribution >= 0.6 is 0 Å². The Morgan fingerprint density at radius 2 is 1.85 bits per heavy atom. The van der Waals surface area contributed by atoms with E-state index in [-0.39, 0.29) is 18.9 Å². The van der Waals surface area contributed by atoms with Crippen LogP contribution in [0.4, 0.5) is 11.4 Å². The van der Waals surface area contributed by atoms with Gasteiger partial charge in [-0.15, -0.1) is 0 Å². The van der Waals surface area contributed by atoms with Gasteiger partial charge in [0.2, 0.25) is 0 Å². The van der Waals surface area contributed by atoms with E-state index in [1.807, 2.05) is 48.5 Å². The van der Waals surface area contributed by atoms with Gasteiger partial charge >= 0.3 is 10.2 Å². The van der Waals surface area contributed by atoms with Crippen molar-refractivity contribution >= 4 is 38.2 Å². The van der Waals surface area contributed by atoms with Crippen LogP contribution in [-0.2, 0) is 23.3 Å². The molecule has 3 aromatic rings. The van der Waals surface area contributed by atoms with Gasteiger partial charge in [-0.25, -0.2) is 0 Å². The lowest BCUT2D eigenvalue weighted by Gasteiger charge is -2.32. The Kier molecular flexibility index (Phi) is 5.69. The first-order valence-electron chi connectivity index (χ1n) is 11.1. The molecule has 1 fully saturated rings. The number of amidine groups is 1. The highest BCUT2D eigenvalue weighted by atomic mass is 32.2. The minimum absolute atomic E-state index is 0.00929. The molecule has 0 saturated carbocycles. The fourth-order valence-corrected chi connectivity index (χ4v) is 5.78. The molecule has 5 rings (SSSR count). The Hall–Kier alpha value is -3.14. The molecular weight excluding hydrogens is 436 g/mol. The minimum Gasteiger partial charge on any atom is -0.384 e.